The molecule has 0 fully saturated rings. The molecule has 5 nitrogen and oxygen atoms in total. The van der Waals surface area contributed by atoms with Crippen molar-refractivity contribution in [2.45, 2.75) is 27.7 Å². The lowest BCUT2D eigenvalue weighted by molar-refractivity contribution is -0.114. The molecule has 2 aromatic carbocycles. The van der Waals surface area contributed by atoms with Crippen LogP contribution in [0.3, 0.4) is 0 Å². The highest BCUT2D eigenvalue weighted by Crippen LogP contribution is 2.22. The van der Waals surface area contributed by atoms with Crippen LogP contribution in [0.5, 0.6) is 5.75 Å². The zero-order chi connectivity index (χ0) is 18.9. The van der Waals surface area contributed by atoms with Gasteiger partial charge in [0.15, 0.2) is 0 Å². The summed E-state index contributed by atoms with van der Waals surface area (Å²) in [5, 5.41) is 6.10. The van der Waals surface area contributed by atoms with Gasteiger partial charge in [0.1, 0.15) is 5.75 Å². The minimum atomic E-state index is -0.0821. The molecule has 1 amide bonds. The van der Waals surface area contributed by atoms with E-state index in [1.165, 1.54) is 5.69 Å². The highest BCUT2D eigenvalue weighted by atomic mass is 16.5. The monoisotopic (exact) mass is 355 g/mol. The number of nitrogens with one attached hydrogen (secondary N) is 2. The van der Waals surface area contributed by atoms with Crippen LogP contribution < -0.4 is 20.3 Å². The lowest BCUT2D eigenvalue weighted by Crippen LogP contribution is -2.23. The number of rotatable bonds is 9. The van der Waals surface area contributed by atoms with Crippen molar-refractivity contribution >= 4 is 23.0 Å². The largest absolute Gasteiger partial charge is 0.494 e. The zero-order valence-corrected chi connectivity index (χ0v) is 16.1. The molecule has 0 aromatic heterocycles. The predicted molar refractivity (Wildman–Crippen MR) is 109 cm³/mol. The van der Waals surface area contributed by atoms with E-state index in [0.29, 0.717) is 6.61 Å². The van der Waals surface area contributed by atoms with Gasteiger partial charge in [-0.05, 0) is 75.7 Å². The molecule has 140 valence electrons. The third-order valence-corrected chi connectivity index (χ3v) is 4.23. The summed E-state index contributed by atoms with van der Waals surface area (Å²) in [5.74, 6) is 0.717. The van der Waals surface area contributed by atoms with Gasteiger partial charge < -0.3 is 20.3 Å². The van der Waals surface area contributed by atoms with E-state index >= 15 is 0 Å². The molecule has 5 heteroatoms. The lowest BCUT2D eigenvalue weighted by atomic mass is 10.1. The number of nitrogens with zero attached hydrogens (tertiary/aromatic N) is 1. The van der Waals surface area contributed by atoms with Crippen LogP contribution in [-0.4, -0.2) is 32.1 Å². The van der Waals surface area contributed by atoms with E-state index in [4.69, 9.17) is 4.74 Å². The Bertz CT molecular complexity index is 710. The van der Waals surface area contributed by atoms with Gasteiger partial charge in [0, 0.05) is 30.2 Å². The summed E-state index contributed by atoms with van der Waals surface area (Å²) >= 11 is 0. The fraction of sp³-hybridized carbons (Fsp3) is 0.381. The topological polar surface area (TPSA) is 53.6 Å². The molecule has 2 aromatic rings. The molecule has 0 aliphatic rings. The van der Waals surface area contributed by atoms with Crippen LogP contribution in [0.1, 0.15) is 26.3 Å². The van der Waals surface area contributed by atoms with Crippen molar-refractivity contribution in [3.63, 3.8) is 0 Å². The number of amides is 1. The number of aryl methyl sites for hydroxylation is 1. The highest BCUT2D eigenvalue weighted by molar-refractivity contribution is 5.93. The van der Waals surface area contributed by atoms with Gasteiger partial charge in [-0.3, -0.25) is 4.79 Å². The van der Waals surface area contributed by atoms with Crippen molar-refractivity contribution < 1.29 is 9.53 Å². The fourth-order valence-electron chi connectivity index (χ4n) is 2.81. The lowest BCUT2D eigenvalue weighted by Gasteiger charge is -2.22. The van der Waals surface area contributed by atoms with E-state index in [1.807, 2.05) is 37.3 Å². The molecule has 0 unspecified atom stereocenters. The zero-order valence-electron chi connectivity index (χ0n) is 16.1. The van der Waals surface area contributed by atoms with E-state index in [1.54, 1.807) is 0 Å². The minimum Gasteiger partial charge on any atom is -0.494 e. The first-order valence-electron chi connectivity index (χ1n) is 9.19. The second kappa shape index (κ2) is 9.70. The molecule has 0 bridgehead atoms. The summed E-state index contributed by atoms with van der Waals surface area (Å²) in [6.45, 7) is 11.1. The van der Waals surface area contributed by atoms with Crippen LogP contribution in [0.15, 0.2) is 42.5 Å². The Labute approximate surface area is 156 Å². The minimum absolute atomic E-state index is 0.0821. The van der Waals surface area contributed by atoms with Crippen molar-refractivity contribution in [2.75, 3.05) is 41.8 Å². The number of anilines is 3. The average Bonchev–Trinajstić information content (AvgIpc) is 2.64. The van der Waals surface area contributed by atoms with Crippen LogP contribution >= 0.6 is 0 Å². The fourth-order valence-corrected chi connectivity index (χ4v) is 2.81. The number of hydrogen-bond donors (Lipinski definition) is 2. The molecule has 2 N–H and O–H groups in total. The quantitative estimate of drug-likeness (QED) is 0.704. The van der Waals surface area contributed by atoms with E-state index < -0.39 is 0 Å². The summed E-state index contributed by atoms with van der Waals surface area (Å²) in [4.78, 5) is 14.5. The van der Waals surface area contributed by atoms with Crippen LogP contribution in [-0.2, 0) is 4.79 Å². The second-order valence-corrected chi connectivity index (χ2v) is 6.03. The van der Waals surface area contributed by atoms with Crippen molar-refractivity contribution in [2.24, 2.45) is 0 Å². The number of hydrogen-bond acceptors (Lipinski definition) is 4. The molecule has 0 saturated heterocycles. The molecule has 0 aliphatic heterocycles. The van der Waals surface area contributed by atoms with Gasteiger partial charge in [-0.1, -0.05) is 0 Å². The maximum Gasteiger partial charge on any atom is 0.243 e. The summed E-state index contributed by atoms with van der Waals surface area (Å²) in [6.07, 6.45) is 0. The van der Waals surface area contributed by atoms with Crippen molar-refractivity contribution in [3.05, 3.63) is 48.0 Å². The second-order valence-electron chi connectivity index (χ2n) is 6.03. The van der Waals surface area contributed by atoms with Crippen LogP contribution in [0.25, 0.3) is 0 Å². The van der Waals surface area contributed by atoms with Gasteiger partial charge in [0.25, 0.3) is 0 Å². The standard InChI is InChI=1S/C21H29N3O2/c1-5-24(6-2)18-10-13-20(16(4)14-18)22-15-21(25)23-17-8-11-19(12-9-17)26-7-3/h8-14,22H,5-7,15H2,1-4H3,(H,23,25). The number of benzene rings is 2. The smallest absolute Gasteiger partial charge is 0.243 e. The maximum absolute atomic E-state index is 12.2. The molecular formula is C21H29N3O2. The van der Waals surface area contributed by atoms with E-state index in [2.05, 4.69) is 48.4 Å². The molecule has 0 heterocycles. The SMILES string of the molecule is CCOc1ccc(NC(=O)CNc2ccc(N(CC)CC)cc2C)cc1. The Balaban J connectivity index is 1.90. The average molecular weight is 355 g/mol. The molecule has 26 heavy (non-hydrogen) atoms. The molecule has 0 spiro atoms. The third kappa shape index (κ3) is 5.41. The van der Waals surface area contributed by atoms with Gasteiger partial charge in [-0.25, -0.2) is 0 Å². The van der Waals surface area contributed by atoms with Crippen LogP contribution in [0, 0.1) is 6.92 Å². The molecule has 0 saturated carbocycles. The van der Waals surface area contributed by atoms with Crippen LogP contribution in [0.2, 0.25) is 0 Å². The normalized spacial score (nSPS) is 10.3. The molecule has 0 aliphatic carbocycles. The van der Waals surface area contributed by atoms with Gasteiger partial charge in [0.2, 0.25) is 5.91 Å². The molecule has 0 radical (unpaired) electrons. The van der Waals surface area contributed by atoms with Crippen molar-refractivity contribution in [1.29, 1.82) is 0 Å². The Morgan fingerprint density at radius 2 is 1.73 bits per heavy atom. The van der Waals surface area contributed by atoms with Gasteiger partial charge >= 0.3 is 0 Å². The van der Waals surface area contributed by atoms with Gasteiger partial charge in [-0.15, -0.1) is 0 Å². The summed E-state index contributed by atoms with van der Waals surface area (Å²) in [6, 6.07) is 13.7. The van der Waals surface area contributed by atoms with Crippen molar-refractivity contribution in [1.82, 2.24) is 0 Å². The maximum atomic E-state index is 12.2. The predicted octanol–water partition coefficient (Wildman–Crippen LogP) is 4.29. The Morgan fingerprint density at radius 1 is 1.04 bits per heavy atom. The van der Waals surface area contributed by atoms with E-state index in [0.717, 1.165) is 35.8 Å². The molecular weight excluding hydrogens is 326 g/mol. The summed E-state index contributed by atoms with van der Waals surface area (Å²) < 4.78 is 5.40. The first-order chi connectivity index (χ1) is 12.6. The first kappa shape index (κ1) is 19.6. The summed E-state index contributed by atoms with van der Waals surface area (Å²) in [5.41, 5.74) is 4.07. The number of carbonyl (C=O) groups is 1. The summed E-state index contributed by atoms with van der Waals surface area (Å²) in [7, 11) is 0. The Kier molecular flexibility index (Phi) is 7.33. The van der Waals surface area contributed by atoms with Crippen LogP contribution in [0.4, 0.5) is 17.1 Å². The number of ether oxygens (including phenoxy) is 1. The van der Waals surface area contributed by atoms with Crippen molar-refractivity contribution in [3.8, 4) is 5.75 Å². The molecule has 2 rings (SSSR count). The highest BCUT2D eigenvalue weighted by Gasteiger charge is 2.07. The van der Waals surface area contributed by atoms with E-state index in [9.17, 15) is 4.79 Å². The first-order valence-corrected chi connectivity index (χ1v) is 9.19. The Hall–Kier alpha value is -2.69. The Morgan fingerprint density at radius 3 is 2.31 bits per heavy atom. The molecule has 0 atom stereocenters. The van der Waals surface area contributed by atoms with Gasteiger partial charge in [-0.2, -0.15) is 0 Å². The van der Waals surface area contributed by atoms with E-state index in [-0.39, 0.29) is 12.5 Å². The van der Waals surface area contributed by atoms with Gasteiger partial charge in [0.05, 0.1) is 13.2 Å². The third-order valence-electron chi connectivity index (χ3n) is 4.23. The number of carbonyl (C=O) groups excluding carboxylic acids is 1.